The zero-order chi connectivity index (χ0) is 12.8. The second-order valence-corrected chi connectivity index (χ2v) is 6.31. The largest absolute Gasteiger partial charge is 0.312 e. The van der Waals surface area contributed by atoms with Gasteiger partial charge in [0.1, 0.15) is 0 Å². The summed E-state index contributed by atoms with van der Waals surface area (Å²) in [5, 5.41) is 3.70. The van der Waals surface area contributed by atoms with E-state index in [9.17, 15) is 0 Å². The number of nitrogens with zero attached hydrogens (tertiary/aromatic N) is 1. The van der Waals surface area contributed by atoms with E-state index >= 15 is 0 Å². The van der Waals surface area contributed by atoms with Crippen molar-refractivity contribution in [2.45, 2.75) is 53.5 Å². The fourth-order valence-electron chi connectivity index (χ4n) is 2.63. The summed E-state index contributed by atoms with van der Waals surface area (Å²) in [5.74, 6) is 2.51. The van der Waals surface area contributed by atoms with E-state index in [2.05, 4.69) is 44.8 Å². The molecule has 0 aromatic heterocycles. The SMILES string of the molecule is CCCNC(CN1CCC(C)C(C)C1)C(C)C. The van der Waals surface area contributed by atoms with Crippen LogP contribution >= 0.6 is 0 Å². The maximum absolute atomic E-state index is 3.70. The van der Waals surface area contributed by atoms with Crippen molar-refractivity contribution in [1.29, 1.82) is 0 Å². The number of nitrogens with one attached hydrogen (secondary N) is 1. The van der Waals surface area contributed by atoms with Crippen molar-refractivity contribution < 1.29 is 0 Å². The van der Waals surface area contributed by atoms with Gasteiger partial charge in [0.25, 0.3) is 0 Å². The van der Waals surface area contributed by atoms with Crippen LogP contribution in [0.1, 0.15) is 47.5 Å². The van der Waals surface area contributed by atoms with E-state index in [-0.39, 0.29) is 0 Å². The molecular formula is C15H32N2. The molecule has 17 heavy (non-hydrogen) atoms. The van der Waals surface area contributed by atoms with Crippen molar-refractivity contribution in [2.24, 2.45) is 17.8 Å². The third kappa shape index (κ3) is 4.97. The topological polar surface area (TPSA) is 15.3 Å². The van der Waals surface area contributed by atoms with Crippen LogP contribution in [-0.4, -0.2) is 37.1 Å². The van der Waals surface area contributed by atoms with Crippen LogP contribution in [0.5, 0.6) is 0 Å². The highest BCUT2D eigenvalue weighted by Gasteiger charge is 2.25. The van der Waals surface area contributed by atoms with E-state index in [1.807, 2.05) is 0 Å². The number of piperidine rings is 1. The molecule has 2 nitrogen and oxygen atoms in total. The van der Waals surface area contributed by atoms with Gasteiger partial charge >= 0.3 is 0 Å². The molecule has 0 radical (unpaired) electrons. The molecule has 3 unspecified atom stereocenters. The van der Waals surface area contributed by atoms with Gasteiger partial charge in [0.05, 0.1) is 0 Å². The van der Waals surface area contributed by atoms with Gasteiger partial charge < -0.3 is 10.2 Å². The molecule has 0 spiro atoms. The highest BCUT2D eigenvalue weighted by Crippen LogP contribution is 2.22. The molecule has 1 rings (SSSR count). The normalized spacial score (nSPS) is 28.6. The van der Waals surface area contributed by atoms with E-state index in [0.29, 0.717) is 6.04 Å². The van der Waals surface area contributed by atoms with Crippen LogP contribution in [-0.2, 0) is 0 Å². The smallest absolute Gasteiger partial charge is 0.0217 e. The Morgan fingerprint density at radius 2 is 1.94 bits per heavy atom. The fraction of sp³-hybridized carbons (Fsp3) is 1.00. The van der Waals surface area contributed by atoms with Crippen LogP contribution in [0.25, 0.3) is 0 Å². The van der Waals surface area contributed by atoms with Gasteiger partial charge in [0.15, 0.2) is 0 Å². The van der Waals surface area contributed by atoms with Crippen molar-refractivity contribution in [3.05, 3.63) is 0 Å². The number of hydrogen-bond acceptors (Lipinski definition) is 2. The summed E-state index contributed by atoms with van der Waals surface area (Å²) in [7, 11) is 0. The molecule has 1 aliphatic heterocycles. The Kier molecular flexibility index (Phi) is 6.50. The molecule has 0 bridgehead atoms. The van der Waals surface area contributed by atoms with Crippen LogP contribution in [0.3, 0.4) is 0 Å². The summed E-state index contributed by atoms with van der Waals surface area (Å²) >= 11 is 0. The van der Waals surface area contributed by atoms with Crippen molar-refractivity contribution in [3.8, 4) is 0 Å². The highest BCUT2D eigenvalue weighted by molar-refractivity contribution is 4.80. The van der Waals surface area contributed by atoms with Crippen molar-refractivity contribution in [2.75, 3.05) is 26.2 Å². The lowest BCUT2D eigenvalue weighted by molar-refractivity contribution is 0.119. The summed E-state index contributed by atoms with van der Waals surface area (Å²) in [6.45, 7) is 16.7. The maximum atomic E-state index is 3.70. The van der Waals surface area contributed by atoms with Gasteiger partial charge in [-0.2, -0.15) is 0 Å². The summed E-state index contributed by atoms with van der Waals surface area (Å²) in [6.07, 6.45) is 2.61. The molecule has 0 aliphatic carbocycles. The first kappa shape index (κ1) is 15.0. The predicted molar refractivity (Wildman–Crippen MR) is 76.3 cm³/mol. The average Bonchev–Trinajstić information content (AvgIpc) is 2.28. The van der Waals surface area contributed by atoms with Gasteiger partial charge in [0.2, 0.25) is 0 Å². The number of hydrogen-bond donors (Lipinski definition) is 1. The summed E-state index contributed by atoms with van der Waals surface area (Å²) in [4.78, 5) is 2.66. The van der Waals surface area contributed by atoms with E-state index < -0.39 is 0 Å². The van der Waals surface area contributed by atoms with Crippen LogP contribution in [0.15, 0.2) is 0 Å². The Bertz CT molecular complexity index is 203. The molecule has 1 N–H and O–H groups in total. The second kappa shape index (κ2) is 7.38. The second-order valence-electron chi connectivity index (χ2n) is 6.31. The monoisotopic (exact) mass is 240 g/mol. The zero-order valence-electron chi connectivity index (χ0n) is 12.5. The van der Waals surface area contributed by atoms with Crippen LogP contribution in [0, 0.1) is 17.8 Å². The summed E-state index contributed by atoms with van der Waals surface area (Å²) < 4.78 is 0. The van der Waals surface area contributed by atoms with Gasteiger partial charge in [-0.15, -0.1) is 0 Å². The molecule has 0 amide bonds. The average molecular weight is 240 g/mol. The van der Waals surface area contributed by atoms with Gasteiger partial charge in [-0.1, -0.05) is 34.6 Å². The summed E-state index contributed by atoms with van der Waals surface area (Å²) in [6, 6.07) is 0.663. The number of likely N-dealkylation sites (tertiary alicyclic amines) is 1. The first-order valence-corrected chi connectivity index (χ1v) is 7.50. The lowest BCUT2D eigenvalue weighted by Gasteiger charge is -2.38. The Balaban J connectivity index is 2.39. The third-order valence-electron chi connectivity index (χ3n) is 4.33. The molecule has 102 valence electrons. The Hall–Kier alpha value is -0.0800. The first-order valence-electron chi connectivity index (χ1n) is 7.50. The molecule has 0 aromatic rings. The molecule has 1 heterocycles. The number of rotatable bonds is 6. The Morgan fingerprint density at radius 3 is 2.47 bits per heavy atom. The molecule has 1 fully saturated rings. The predicted octanol–water partition coefficient (Wildman–Crippen LogP) is 2.99. The molecule has 3 atom stereocenters. The molecule has 1 saturated heterocycles. The van der Waals surface area contributed by atoms with Crippen molar-refractivity contribution in [3.63, 3.8) is 0 Å². The minimum atomic E-state index is 0.663. The Morgan fingerprint density at radius 1 is 1.24 bits per heavy atom. The molecule has 0 aromatic carbocycles. The van der Waals surface area contributed by atoms with Crippen molar-refractivity contribution in [1.82, 2.24) is 10.2 Å². The molecule has 0 saturated carbocycles. The Labute approximate surface area is 108 Å². The zero-order valence-corrected chi connectivity index (χ0v) is 12.5. The fourth-order valence-corrected chi connectivity index (χ4v) is 2.63. The third-order valence-corrected chi connectivity index (χ3v) is 4.33. The van der Waals surface area contributed by atoms with Gasteiger partial charge in [-0.05, 0) is 43.7 Å². The minimum absolute atomic E-state index is 0.663. The van der Waals surface area contributed by atoms with E-state index in [1.165, 1.54) is 32.5 Å². The molecule has 1 aliphatic rings. The van der Waals surface area contributed by atoms with Crippen molar-refractivity contribution >= 4 is 0 Å². The quantitative estimate of drug-likeness (QED) is 0.768. The van der Waals surface area contributed by atoms with Crippen LogP contribution in [0.2, 0.25) is 0 Å². The van der Waals surface area contributed by atoms with E-state index in [0.717, 1.165) is 24.3 Å². The van der Waals surface area contributed by atoms with Gasteiger partial charge in [-0.3, -0.25) is 0 Å². The summed E-state index contributed by atoms with van der Waals surface area (Å²) in [5.41, 5.74) is 0. The first-order chi connectivity index (χ1) is 8.04. The molecular weight excluding hydrogens is 208 g/mol. The van der Waals surface area contributed by atoms with E-state index in [4.69, 9.17) is 0 Å². The standard InChI is InChI=1S/C15H32N2/c1-6-8-16-15(12(2)3)11-17-9-7-13(4)14(5)10-17/h12-16H,6-11H2,1-5H3. The molecule has 2 heteroatoms. The lowest BCUT2D eigenvalue weighted by Crippen LogP contribution is -2.48. The highest BCUT2D eigenvalue weighted by atomic mass is 15.2. The minimum Gasteiger partial charge on any atom is -0.312 e. The lowest BCUT2D eigenvalue weighted by atomic mass is 9.88. The van der Waals surface area contributed by atoms with Crippen LogP contribution in [0.4, 0.5) is 0 Å². The van der Waals surface area contributed by atoms with Crippen LogP contribution < -0.4 is 5.32 Å². The van der Waals surface area contributed by atoms with E-state index in [1.54, 1.807) is 0 Å². The van der Waals surface area contributed by atoms with Gasteiger partial charge in [-0.25, -0.2) is 0 Å². The van der Waals surface area contributed by atoms with Gasteiger partial charge in [0, 0.05) is 19.1 Å². The maximum Gasteiger partial charge on any atom is 0.0217 e.